The molecule has 0 aliphatic carbocycles. The predicted octanol–water partition coefficient (Wildman–Crippen LogP) is 5.17. The standard InChI is InChI=1S/C17H17ClN2/c1-3-5-9-13(4-2)15-12-16(20-17(18)19-15)14-10-7-6-8-11-14/h4-12H,3H2,1-2H3/b9-5-,13-4+. The Kier molecular flexibility index (Phi) is 5.08. The van der Waals surface area contributed by atoms with Crippen molar-refractivity contribution < 1.29 is 0 Å². The van der Waals surface area contributed by atoms with Crippen LogP contribution in [0, 0.1) is 0 Å². The molecule has 3 heteroatoms. The van der Waals surface area contributed by atoms with Gasteiger partial charge >= 0.3 is 0 Å². The summed E-state index contributed by atoms with van der Waals surface area (Å²) >= 11 is 6.06. The molecule has 1 aromatic carbocycles. The number of hydrogen-bond acceptors (Lipinski definition) is 2. The minimum Gasteiger partial charge on any atom is -0.218 e. The average molecular weight is 285 g/mol. The summed E-state index contributed by atoms with van der Waals surface area (Å²) in [6.45, 7) is 4.10. The highest BCUT2D eigenvalue weighted by Crippen LogP contribution is 2.23. The fourth-order valence-corrected chi connectivity index (χ4v) is 2.08. The molecule has 2 aromatic rings. The third-order valence-corrected chi connectivity index (χ3v) is 3.08. The SMILES string of the molecule is C/C=C(\C=C/CC)c1cc(-c2ccccc2)nc(Cl)n1. The molecule has 0 atom stereocenters. The minimum atomic E-state index is 0.269. The lowest BCUT2D eigenvalue weighted by molar-refractivity contribution is 1.15. The van der Waals surface area contributed by atoms with Gasteiger partial charge in [-0.15, -0.1) is 0 Å². The summed E-state index contributed by atoms with van der Waals surface area (Å²) in [6, 6.07) is 11.9. The summed E-state index contributed by atoms with van der Waals surface area (Å²) in [6.07, 6.45) is 7.18. The van der Waals surface area contributed by atoms with Crippen LogP contribution in [-0.2, 0) is 0 Å². The van der Waals surface area contributed by atoms with Crippen LogP contribution >= 0.6 is 11.6 Å². The van der Waals surface area contributed by atoms with Gasteiger partial charge in [-0.3, -0.25) is 0 Å². The average Bonchev–Trinajstić information content (AvgIpc) is 2.48. The maximum Gasteiger partial charge on any atom is 0.223 e. The second kappa shape index (κ2) is 7.01. The zero-order valence-electron chi connectivity index (χ0n) is 11.7. The number of allylic oxidation sites excluding steroid dienone is 4. The molecular weight excluding hydrogens is 268 g/mol. The first-order chi connectivity index (χ1) is 9.74. The third-order valence-electron chi connectivity index (χ3n) is 2.91. The van der Waals surface area contributed by atoms with Crippen molar-refractivity contribution in [3.63, 3.8) is 0 Å². The number of rotatable bonds is 4. The van der Waals surface area contributed by atoms with Crippen molar-refractivity contribution in [2.75, 3.05) is 0 Å². The lowest BCUT2D eigenvalue weighted by Gasteiger charge is -2.06. The predicted molar refractivity (Wildman–Crippen MR) is 85.6 cm³/mol. The molecule has 0 radical (unpaired) electrons. The number of benzene rings is 1. The highest BCUT2D eigenvalue weighted by molar-refractivity contribution is 6.28. The van der Waals surface area contributed by atoms with E-state index in [1.165, 1.54) is 0 Å². The summed E-state index contributed by atoms with van der Waals surface area (Å²) in [4.78, 5) is 8.62. The van der Waals surface area contributed by atoms with Crippen LogP contribution in [-0.4, -0.2) is 9.97 Å². The third kappa shape index (κ3) is 3.55. The van der Waals surface area contributed by atoms with Gasteiger partial charge in [0.1, 0.15) is 0 Å². The van der Waals surface area contributed by atoms with Crippen molar-refractivity contribution in [1.29, 1.82) is 0 Å². The van der Waals surface area contributed by atoms with Gasteiger partial charge in [0.05, 0.1) is 11.4 Å². The largest absolute Gasteiger partial charge is 0.223 e. The van der Waals surface area contributed by atoms with Crippen LogP contribution in [0.5, 0.6) is 0 Å². The first-order valence-corrected chi connectivity index (χ1v) is 7.05. The van der Waals surface area contributed by atoms with Gasteiger partial charge in [0.25, 0.3) is 0 Å². The van der Waals surface area contributed by atoms with E-state index in [2.05, 4.69) is 29.0 Å². The first-order valence-electron chi connectivity index (χ1n) is 6.67. The maximum atomic E-state index is 6.06. The molecule has 0 aliphatic heterocycles. The molecule has 102 valence electrons. The van der Waals surface area contributed by atoms with Crippen molar-refractivity contribution in [3.8, 4) is 11.3 Å². The summed E-state index contributed by atoms with van der Waals surface area (Å²) in [5.41, 5.74) is 3.77. The minimum absolute atomic E-state index is 0.269. The Labute approximate surface area is 124 Å². The van der Waals surface area contributed by atoms with E-state index in [1.54, 1.807) is 0 Å². The highest BCUT2D eigenvalue weighted by Gasteiger charge is 2.07. The van der Waals surface area contributed by atoms with Crippen molar-refractivity contribution >= 4 is 17.2 Å². The van der Waals surface area contributed by atoms with Gasteiger partial charge in [0.2, 0.25) is 5.28 Å². The molecule has 0 saturated carbocycles. The number of aromatic nitrogens is 2. The van der Waals surface area contributed by atoms with E-state index >= 15 is 0 Å². The number of halogens is 1. The van der Waals surface area contributed by atoms with Gasteiger partial charge in [0.15, 0.2) is 0 Å². The first kappa shape index (κ1) is 14.5. The molecule has 20 heavy (non-hydrogen) atoms. The fourth-order valence-electron chi connectivity index (χ4n) is 1.90. The fraction of sp³-hybridized carbons (Fsp3) is 0.176. The van der Waals surface area contributed by atoms with Gasteiger partial charge in [-0.05, 0) is 36.6 Å². The van der Waals surface area contributed by atoms with E-state index in [1.807, 2.05) is 49.4 Å². The molecule has 0 amide bonds. The van der Waals surface area contributed by atoms with Crippen LogP contribution in [0.15, 0.2) is 54.6 Å². The Morgan fingerprint density at radius 3 is 2.60 bits per heavy atom. The second-order valence-corrected chi connectivity index (χ2v) is 4.67. The Morgan fingerprint density at radius 2 is 1.95 bits per heavy atom. The van der Waals surface area contributed by atoms with Gasteiger partial charge in [-0.2, -0.15) is 0 Å². The zero-order valence-corrected chi connectivity index (χ0v) is 12.4. The molecule has 0 fully saturated rings. The van der Waals surface area contributed by atoms with Crippen molar-refractivity contribution in [1.82, 2.24) is 9.97 Å². The molecule has 1 heterocycles. The molecule has 0 aliphatic rings. The van der Waals surface area contributed by atoms with E-state index in [0.717, 1.165) is 28.9 Å². The molecule has 0 saturated heterocycles. The topological polar surface area (TPSA) is 25.8 Å². The van der Waals surface area contributed by atoms with Gasteiger partial charge < -0.3 is 0 Å². The maximum absolute atomic E-state index is 6.06. The molecular formula is C17H17ClN2. The molecule has 0 unspecified atom stereocenters. The Bertz CT molecular complexity index is 631. The van der Waals surface area contributed by atoms with E-state index in [4.69, 9.17) is 11.6 Å². The van der Waals surface area contributed by atoms with Crippen LogP contribution < -0.4 is 0 Å². The van der Waals surface area contributed by atoms with E-state index in [0.29, 0.717) is 0 Å². The molecule has 0 spiro atoms. The number of hydrogen-bond donors (Lipinski definition) is 0. The van der Waals surface area contributed by atoms with Crippen LogP contribution in [0.4, 0.5) is 0 Å². The Balaban J connectivity index is 2.46. The van der Waals surface area contributed by atoms with Crippen LogP contribution in [0.25, 0.3) is 16.8 Å². The van der Waals surface area contributed by atoms with E-state index in [-0.39, 0.29) is 5.28 Å². The normalized spacial score (nSPS) is 12.1. The van der Waals surface area contributed by atoms with Gasteiger partial charge in [0, 0.05) is 5.56 Å². The molecule has 2 nitrogen and oxygen atoms in total. The van der Waals surface area contributed by atoms with Crippen LogP contribution in [0.3, 0.4) is 0 Å². The summed E-state index contributed by atoms with van der Waals surface area (Å²) in [7, 11) is 0. The lowest BCUT2D eigenvalue weighted by atomic mass is 10.1. The molecule has 1 aromatic heterocycles. The zero-order chi connectivity index (χ0) is 14.4. The summed E-state index contributed by atoms with van der Waals surface area (Å²) in [5.74, 6) is 0. The Morgan fingerprint density at radius 1 is 1.20 bits per heavy atom. The molecule has 0 bridgehead atoms. The Hall–Kier alpha value is -1.93. The smallest absolute Gasteiger partial charge is 0.218 e. The van der Waals surface area contributed by atoms with Crippen molar-refractivity contribution in [2.24, 2.45) is 0 Å². The van der Waals surface area contributed by atoms with Gasteiger partial charge in [-0.1, -0.05) is 55.5 Å². The number of nitrogens with zero attached hydrogens (tertiary/aromatic N) is 2. The summed E-state index contributed by atoms with van der Waals surface area (Å²) < 4.78 is 0. The monoisotopic (exact) mass is 284 g/mol. The van der Waals surface area contributed by atoms with Crippen molar-refractivity contribution in [3.05, 3.63) is 65.6 Å². The van der Waals surface area contributed by atoms with Crippen molar-refractivity contribution in [2.45, 2.75) is 20.3 Å². The molecule has 0 N–H and O–H groups in total. The van der Waals surface area contributed by atoms with E-state index in [9.17, 15) is 0 Å². The van der Waals surface area contributed by atoms with Gasteiger partial charge in [-0.25, -0.2) is 9.97 Å². The summed E-state index contributed by atoms with van der Waals surface area (Å²) in [5, 5.41) is 0.269. The van der Waals surface area contributed by atoms with E-state index < -0.39 is 0 Å². The second-order valence-electron chi connectivity index (χ2n) is 4.33. The van der Waals surface area contributed by atoms with Crippen LogP contribution in [0.2, 0.25) is 5.28 Å². The molecule has 2 rings (SSSR count). The highest BCUT2D eigenvalue weighted by atomic mass is 35.5. The lowest BCUT2D eigenvalue weighted by Crippen LogP contribution is -1.94. The quantitative estimate of drug-likeness (QED) is 0.572. The van der Waals surface area contributed by atoms with Crippen LogP contribution in [0.1, 0.15) is 26.0 Å².